The Balaban J connectivity index is 1.63. The van der Waals surface area contributed by atoms with E-state index in [1.807, 2.05) is 67.1 Å². The van der Waals surface area contributed by atoms with Crippen LogP contribution in [0.25, 0.3) is 5.69 Å². The van der Waals surface area contributed by atoms with Crippen molar-refractivity contribution in [2.24, 2.45) is 0 Å². The van der Waals surface area contributed by atoms with Crippen LogP contribution in [0.3, 0.4) is 0 Å². The quantitative estimate of drug-likeness (QED) is 0.541. The fraction of sp³-hybridized carbons (Fsp3) is 0.360. The average Bonchev–Trinajstić information content (AvgIpc) is 3.09. The molecule has 1 aromatic heterocycles. The molecule has 0 saturated heterocycles. The van der Waals surface area contributed by atoms with Crippen molar-refractivity contribution in [1.29, 1.82) is 0 Å². The van der Waals surface area contributed by atoms with Gasteiger partial charge in [-0.05, 0) is 44.6 Å². The highest BCUT2D eigenvalue weighted by Crippen LogP contribution is 2.20. The molecule has 1 unspecified atom stereocenters. The maximum absolute atomic E-state index is 12.6. The third-order valence-corrected chi connectivity index (χ3v) is 5.76. The van der Waals surface area contributed by atoms with Gasteiger partial charge < -0.3 is 10.6 Å². The van der Waals surface area contributed by atoms with Gasteiger partial charge in [0.2, 0.25) is 0 Å². The molecule has 3 aromatic rings. The van der Waals surface area contributed by atoms with Crippen molar-refractivity contribution >= 4 is 6.03 Å². The van der Waals surface area contributed by atoms with Gasteiger partial charge in [-0.2, -0.15) is 5.10 Å². The van der Waals surface area contributed by atoms with Crippen molar-refractivity contribution in [2.45, 2.75) is 40.3 Å². The van der Waals surface area contributed by atoms with E-state index in [1.165, 1.54) is 5.56 Å². The normalized spacial score (nSPS) is 12.0. The third-order valence-electron chi connectivity index (χ3n) is 5.76. The second kappa shape index (κ2) is 10.8. The lowest BCUT2D eigenvalue weighted by Crippen LogP contribution is -2.42. The molecule has 0 aliphatic carbocycles. The SMILES string of the molecule is CCN(CC)C(CNC(=O)NCc1c(C)nn(-c2ccccc2)c1C)c1ccccc1. The number of aryl methyl sites for hydroxylation is 1. The Morgan fingerprint density at radius 2 is 1.58 bits per heavy atom. The van der Waals surface area contributed by atoms with E-state index < -0.39 is 0 Å². The lowest BCUT2D eigenvalue weighted by Gasteiger charge is -2.30. The van der Waals surface area contributed by atoms with Gasteiger partial charge >= 0.3 is 6.03 Å². The van der Waals surface area contributed by atoms with E-state index in [-0.39, 0.29) is 12.1 Å². The number of likely N-dealkylation sites (N-methyl/N-ethyl adjacent to an activating group) is 1. The Morgan fingerprint density at radius 3 is 2.19 bits per heavy atom. The van der Waals surface area contributed by atoms with Crippen molar-refractivity contribution in [1.82, 2.24) is 25.3 Å². The number of nitrogens with zero attached hydrogens (tertiary/aromatic N) is 3. The molecule has 3 rings (SSSR count). The Hall–Kier alpha value is -3.12. The molecular weight excluding hydrogens is 386 g/mol. The summed E-state index contributed by atoms with van der Waals surface area (Å²) in [6.07, 6.45) is 0. The fourth-order valence-electron chi connectivity index (χ4n) is 3.97. The molecule has 1 atom stereocenters. The minimum absolute atomic E-state index is 0.145. The summed E-state index contributed by atoms with van der Waals surface area (Å²) in [5, 5.41) is 10.7. The Labute approximate surface area is 185 Å². The summed E-state index contributed by atoms with van der Waals surface area (Å²) >= 11 is 0. The fourth-order valence-corrected chi connectivity index (χ4v) is 3.97. The lowest BCUT2D eigenvalue weighted by molar-refractivity contribution is 0.206. The number of aromatic nitrogens is 2. The molecule has 6 heteroatoms. The van der Waals surface area contributed by atoms with Crippen molar-refractivity contribution in [3.63, 3.8) is 0 Å². The molecule has 6 nitrogen and oxygen atoms in total. The predicted molar refractivity (Wildman–Crippen MR) is 125 cm³/mol. The Bertz CT molecular complexity index is 964. The van der Waals surface area contributed by atoms with Gasteiger partial charge in [-0.25, -0.2) is 9.48 Å². The van der Waals surface area contributed by atoms with E-state index in [0.29, 0.717) is 13.1 Å². The standard InChI is InChI=1S/C25H33N5O/c1-5-29(6-2)24(21-13-9-7-10-14-21)18-27-25(31)26-17-23-19(3)28-30(20(23)4)22-15-11-8-12-16-22/h7-16,24H,5-6,17-18H2,1-4H3,(H2,26,27,31). The van der Waals surface area contributed by atoms with Gasteiger partial charge in [0.1, 0.15) is 0 Å². The maximum Gasteiger partial charge on any atom is 0.315 e. The zero-order valence-electron chi connectivity index (χ0n) is 18.9. The second-order valence-electron chi connectivity index (χ2n) is 7.61. The van der Waals surface area contributed by atoms with Crippen LogP contribution in [0, 0.1) is 13.8 Å². The van der Waals surface area contributed by atoms with Crippen LogP contribution in [0.15, 0.2) is 60.7 Å². The predicted octanol–water partition coefficient (Wildman–Crippen LogP) is 4.37. The average molecular weight is 420 g/mol. The maximum atomic E-state index is 12.6. The Morgan fingerprint density at radius 1 is 0.968 bits per heavy atom. The molecule has 164 valence electrons. The van der Waals surface area contributed by atoms with Crippen molar-refractivity contribution in [2.75, 3.05) is 19.6 Å². The topological polar surface area (TPSA) is 62.2 Å². The summed E-state index contributed by atoms with van der Waals surface area (Å²) in [7, 11) is 0. The number of para-hydroxylation sites is 1. The number of urea groups is 1. The summed E-state index contributed by atoms with van der Waals surface area (Å²) in [5.74, 6) is 0. The molecular formula is C25H33N5O. The number of benzene rings is 2. The summed E-state index contributed by atoms with van der Waals surface area (Å²) < 4.78 is 1.93. The van der Waals surface area contributed by atoms with Gasteiger partial charge in [0.15, 0.2) is 0 Å². The van der Waals surface area contributed by atoms with Crippen molar-refractivity contribution in [3.05, 3.63) is 83.2 Å². The highest BCUT2D eigenvalue weighted by Gasteiger charge is 2.19. The minimum Gasteiger partial charge on any atom is -0.336 e. The van der Waals surface area contributed by atoms with Crippen LogP contribution in [0.4, 0.5) is 4.79 Å². The van der Waals surface area contributed by atoms with Crippen LogP contribution >= 0.6 is 0 Å². The van der Waals surface area contributed by atoms with E-state index in [4.69, 9.17) is 0 Å². The first-order valence-electron chi connectivity index (χ1n) is 11.0. The van der Waals surface area contributed by atoms with Crippen LogP contribution < -0.4 is 10.6 Å². The largest absolute Gasteiger partial charge is 0.336 e. The van der Waals surface area contributed by atoms with E-state index >= 15 is 0 Å². The molecule has 2 amide bonds. The number of carbonyl (C=O) groups is 1. The first-order chi connectivity index (χ1) is 15.0. The number of nitrogens with one attached hydrogen (secondary N) is 2. The van der Waals surface area contributed by atoms with Gasteiger partial charge in [-0.1, -0.05) is 62.4 Å². The highest BCUT2D eigenvalue weighted by atomic mass is 16.2. The van der Waals surface area contributed by atoms with Crippen LogP contribution in [0.1, 0.15) is 42.4 Å². The molecule has 0 saturated carbocycles. The number of carbonyl (C=O) groups excluding carboxylic acids is 1. The van der Waals surface area contributed by atoms with Crippen molar-refractivity contribution < 1.29 is 4.79 Å². The van der Waals surface area contributed by atoms with E-state index in [1.54, 1.807) is 0 Å². The summed E-state index contributed by atoms with van der Waals surface area (Å²) in [6, 6.07) is 20.4. The number of hydrogen-bond acceptors (Lipinski definition) is 3. The number of amides is 2. The van der Waals surface area contributed by atoms with Crippen molar-refractivity contribution in [3.8, 4) is 5.69 Å². The Kier molecular flexibility index (Phi) is 7.84. The third kappa shape index (κ3) is 5.52. The molecule has 0 aliphatic rings. The second-order valence-corrected chi connectivity index (χ2v) is 7.61. The van der Waals surface area contributed by atoms with Crippen LogP contribution in [0.5, 0.6) is 0 Å². The van der Waals surface area contributed by atoms with Crippen LogP contribution in [0.2, 0.25) is 0 Å². The molecule has 31 heavy (non-hydrogen) atoms. The lowest BCUT2D eigenvalue weighted by atomic mass is 10.1. The van der Waals surface area contributed by atoms with Crippen LogP contribution in [-0.4, -0.2) is 40.3 Å². The van der Waals surface area contributed by atoms with Crippen LogP contribution in [-0.2, 0) is 6.54 Å². The van der Waals surface area contributed by atoms with Gasteiger partial charge in [-0.3, -0.25) is 4.90 Å². The van der Waals surface area contributed by atoms with Gasteiger partial charge in [0.05, 0.1) is 17.4 Å². The van der Waals surface area contributed by atoms with Gasteiger partial charge in [-0.15, -0.1) is 0 Å². The van der Waals surface area contributed by atoms with E-state index in [9.17, 15) is 4.79 Å². The highest BCUT2D eigenvalue weighted by molar-refractivity contribution is 5.74. The molecule has 0 spiro atoms. The van der Waals surface area contributed by atoms with E-state index in [0.717, 1.165) is 35.7 Å². The molecule has 1 heterocycles. The first-order valence-corrected chi connectivity index (χ1v) is 11.0. The molecule has 2 N–H and O–H groups in total. The monoisotopic (exact) mass is 419 g/mol. The summed E-state index contributed by atoms with van der Waals surface area (Å²) in [5.41, 5.74) is 5.23. The van der Waals surface area contributed by atoms with Gasteiger partial charge in [0.25, 0.3) is 0 Å². The minimum atomic E-state index is -0.167. The summed E-state index contributed by atoms with van der Waals surface area (Å²) in [4.78, 5) is 14.9. The number of hydrogen-bond donors (Lipinski definition) is 2. The first kappa shape index (κ1) is 22.6. The zero-order valence-corrected chi connectivity index (χ0v) is 18.9. The van der Waals surface area contributed by atoms with Gasteiger partial charge in [0, 0.05) is 24.3 Å². The molecule has 2 aromatic carbocycles. The molecule has 0 fully saturated rings. The zero-order chi connectivity index (χ0) is 22.2. The molecule has 0 bridgehead atoms. The molecule has 0 aliphatic heterocycles. The molecule has 0 radical (unpaired) electrons. The van der Waals surface area contributed by atoms with E-state index in [2.05, 4.69) is 46.6 Å². The number of rotatable bonds is 9. The summed E-state index contributed by atoms with van der Waals surface area (Å²) in [6.45, 7) is 11.2. The smallest absolute Gasteiger partial charge is 0.315 e.